The van der Waals surface area contributed by atoms with Crippen LogP contribution < -0.4 is 17.0 Å². The summed E-state index contributed by atoms with van der Waals surface area (Å²) in [6.45, 7) is 6.39. The molecule has 6 rings (SSSR count). The molecular weight excluding hydrogens is 505 g/mol. The summed E-state index contributed by atoms with van der Waals surface area (Å²) in [5.41, 5.74) is 1.96. The van der Waals surface area contributed by atoms with E-state index in [0.717, 1.165) is 60.1 Å². The number of para-hydroxylation sites is 1. The van der Waals surface area contributed by atoms with Gasteiger partial charge in [-0.15, -0.1) is 6.58 Å². The zero-order valence-corrected chi connectivity index (χ0v) is 20.3. The van der Waals surface area contributed by atoms with E-state index in [9.17, 15) is 18.3 Å². The summed E-state index contributed by atoms with van der Waals surface area (Å²) in [6.07, 6.45) is 0.648. The van der Waals surface area contributed by atoms with Crippen molar-refractivity contribution < 1.29 is 39.7 Å². The maximum Gasteiger partial charge on any atom is 0.416 e. The van der Waals surface area contributed by atoms with Gasteiger partial charge in [-0.3, -0.25) is 4.98 Å². The summed E-state index contributed by atoms with van der Waals surface area (Å²) >= 11 is 0. The average molecular weight is 533 g/mol. The van der Waals surface area contributed by atoms with Crippen LogP contribution in [0.1, 0.15) is 35.6 Å². The van der Waals surface area contributed by atoms with E-state index in [4.69, 9.17) is 0 Å². The Labute approximate surface area is 208 Å². The van der Waals surface area contributed by atoms with E-state index in [1.807, 2.05) is 36.4 Å². The standard InChI is InChI=1S/C27H28F3N2O.BrH/c1-2-19-17-32(16-18-7-9-21(10-8-18)27(28,29)30)14-12-20(19)15-25(32)26(33)23-11-13-31-24-6-4-3-5-22(23)24;/h2-11,13,19-20,25-26,33H,1,12,14-17H2;1H/q+1;/p-1/t19?,20?,25-,26+,32?;/m1./s1. The zero-order valence-electron chi connectivity index (χ0n) is 18.8. The summed E-state index contributed by atoms with van der Waals surface area (Å²) in [7, 11) is 0. The van der Waals surface area contributed by atoms with Crippen LogP contribution in [-0.2, 0) is 12.7 Å². The number of aromatic nitrogens is 1. The van der Waals surface area contributed by atoms with E-state index in [-0.39, 0.29) is 23.0 Å². The molecule has 0 spiro atoms. The predicted molar refractivity (Wildman–Crippen MR) is 122 cm³/mol. The van der Waals surface area contributed by atoms with Gasteiger partial charge in [-0.1, -0.05) is 36.4 Å². The number of fused-ring (bicyclic) bond motifs is 4. The van der Waals surface area contributed by atoms with Crippen molar-refractivity contribution in [1.29, 1.82) is 0 Å². The highest BCUT2D eigenvalue weighted by atomic mass is 79.9. The third-order valence-corrected chi connectivity index (χ3v) is 7.82. The fourth-order valence-electron chi connectivity index (χ4n) is 6.13. The number of hydrogen-bond donors (Lipinski definition) is 1. The first-order chi connectivity index (χ1) is 15.8. The van der Waals surface area contributed by atoms with Crippen LogP contribution in [0.3, 0.4) is 0 Å². The number of benzene rings is 2. The van der Waals surface area contributed by atoms with Crippen LogP contribution in [0, 0.1) is 11.8 Å². The molecule has 3 aliphatic rings. The lowest BCUT2D eigenvalue weighted by Crippen LogP contribution is -3.00. The number of alkyl halides is 3. The molecule has 0 amide bonds. The van der Waals surface area contributed by atoms with Gasteiger partial charge in [0.25, 0.3) is 0 Å². The van der Waals surface area contributed by atoms with Gasteiger partial charge in [0, 0.05) is 35.9 Å². The first-order valence-corrected chi connectivity index (χ1v) is 11.5. The molecule has 3 nitrogen and oxygen atoms in total. The SMILES string of the molecule is C=CC1C[N+]2(Cc3ccc(C(F)(F)F)cc3)CCC1C[C@@H]2[C@@H](O)c1ccnc2ccccc12.[Br-]. The van der Waals surface area contributed by atoms with E-state index in [1.165, 1.54) is 0 Å². The van der Waals surface area contributed by atoms with Crippen molar-refractivity contribution in [2.24, 2.45) is 11.8 Å². The smallest absolute Gasteiger partial charge is 0.416 e. The molecule has 1 N–H and O–H groups in total. The first kappa shape index (κ1) is 24.9. The molecule has 4 heterocycles. The maximum absolute atomic E-state index is 13.1. The average Bonchev–Trinajstić information content (AvgIpc) is 2.83. The monoisotopic (exact) mass is 532 g/mol. The minimum Gasteiger partial charge on any atom is -1.00 e. The highest BCUT2D eigenvalue weighted by Crippen LogP contribution is 2.48. The van der Waals surface area contributed by atoms with Crippen molar-refractivity contribution in [1.82, 2.24) is 4.98 Å². The fourth-order valence-corrected chi connectivity index (χ4v) is 6.13. The fraction of sp³-hybridized carbons (Fsp3) is 0.370. The van der Waals surface area contributed by atoms with Gasteiger partial charge in [0.15, 0.2) is 0 Å². The Balaban J connectivity index is 0.00000274. The summed E-state index contributed by atoms with van der Waals surface area (Å²) in [5.74, 6) is 0.827. The molecule has 3 aromatic rings. The molecule has 7 heteroatoms. The maximum atomic E-state index is 13.1. The molecule has 180 valence electrons. The number of quaternary nitrogens is 1. The van der Waals surface area contributed by atoms with E-state index < -0.39 is 17.8 Å². The lowest BCUT2D eigenvalue weighted by Gasteiger charge is -2.58. The van der Waals surface area contributed by atoms with Gasteiger partial charge >= 0.3 is 6.18 Å². The van der Waals surface area contributed by atoms with Crippen LogP contribution in [0.25, 0.3) is 10.9 Å². The molecule has 1 aromatic heterocycles. The minimum absolute atomic E-state index is 0. The molecule has 34 heavy (non-hydrogen) atoms. The Morgan fingerprint density at radius 1 is 1.12 bits per heavy atom. The molecule has 3 saturated heterocycles. The second-order valence-corrected chi connectivity index (χ2v) is 9.59. The van der Waals surface area contributed by atoms with Crippen molar-refractivity contribution in [2.75, 3.05) is 13.1 Å². The normalized spacial score (nSPS) is 27.2. The van der Waals surface area contributed by atoms with Crippen LogP contribution in [-0.4, -0.2) is 33.7 Å². The van der Waals surface area contributed by atoms with E-state index >= 15 is 0 Å². The first-order valence-electron chi connectivity index (χ1n) is 11.5. The Kier molecular flexibility index (Phi) is 6.91. The van der Waals surface area contributed by atoms with Crippen molar-refractivity contribution in [3.05, 3.63) is 90.1 Å². The number of halogens is 4. The number of aliphatic hydroxyl groups excluding tert-OH is 1. The van der Waals surface area contributed by atoms with Crippen molar-refractivity contribution >= 4 is 10.9 Å². The number of aliphatic hydroxyl groups is 1. The number of pyridine rings is 1. The van der Waals surface area contributed by atoms with Gasteiger partial charge in [0.05, 0.1) is 24.2 Å². The van der Waals surface area contributed by atoms with Crippen molar-refractivity contribution in [2.45, 2.75) is 37.7 Å². The van der Waals surface area contributed by atoms with E-state index in [1.54, 1.807) is 18.3 Å². The van der Waals surface area contributed by atoms with Gasteiger partial charge in [-0.25, -0.2) is 0 Å². The topological polar surface area (TPSA) is 33.1 Å². The number of piperidine rings is 3. The summed E-state index contributed by atoms with van der Waals surface area (Å²) < 4.78 is 39.8. The van der Waals surface area contributed by atoms with Crippen molar-refractivity contribution in [3.63, 3.8) is 0 Å². The van der Waals surface area contributed by atoms with E-state index in [2.05, 4.69) is 11.6 Å². The highest BCUT2D eigenvalue weighted by molar-refractivity contribution is 5.82. The minimum atomic E-state index is -4.34. The molecule has 3 fully saturated rings. The lowest BCUT2D eigenvalue weighted by atomic mass is 9.71. The summed E-state index contributed by atoms with van der Waals surface area (Å²) in [4.78, 5) is 4.43. The molecule has 0 saturated carbocycles. The quantitative estimate of drug-likeness (QED) is 0.405. The highest BCUT2D eigenvalue weighted by Gasteiger charge is 2.54. The third-order valence-electron chi connectivity index (χ3n) is 7.82. The number of nitrogens with zero attached hydrogens (tertiary/aromatic N) is 2. The lowest BCUT2D eigenvalue weighted by molar-refractivity contribution is -0.984. The molecule has 2 bridgehead atoms. The second kappa shape index (κ2) is 9.44. The Morgan fingerprint density at radius 2 is 1.85 bits per heavy atom. The summed E-state index contributed by atoms with van der Waals surface area (Å²) in [6, 6.07) is 15.2. The van der Waals surface area contributed by atoms with Crippen molar-refractivity contribution in [3.8, 4) is 0 Å². The molecule has 2 aromatic carbocycles. The zero-order chi connectivity index (χ0) is 23.2. The van der Waals surface area contributed by atoms with E-state index in [0.29, 0.717) is 22.9 Å². The van der Waals surface area contributed by atoms with Crippen LogP contribution in [0.15, 0.2) is 73.4 Å². The van der Waals surface area contributed by atoms with Crippen LogP contribution in [0.4, 0.5) is 13.2 Å². The molecule has 3 aliphatic heterocycles. The Morgan fingerprint density at radius 3 is 2.56 bits per heavy atom. The van der Waals surface area contributed by atoms with Crippen LogP contribution in [0.5, 0.6) is 0 Å². The molecular formula is C27H28BrF3N2O. The number of hydrogen-bond acceptors (Lipinski definition) is 2. The number of rotatable bonds is 5. The Bertz CT molecular complexity index is 1160. The van der Waals surface area contributed by atoms with Gasteiger partial charge in [-0.2, -0.15) is 13.2 Å². The summed E-state index contributed by atoms with van der Waals surface area (Å²) in [5, 5.41) is 12.6. The largest absolute Gasteiger partial charge is 1.00 e. The molecule has 0 aliphatic carbocycles. The van der Waals surface area contributed by atoms with Crippen LogP contribution >= 0.6 is 0 Å². The van der Waals surface area contributed by atoms with Crippen LogP contribution in [0.2, 0.25) is 0 Å². The van der Waals surface area contributed by atoms with Gasteiger partial charge in [0.2, 0.25) is 0 Å². The Hall–Kier alpha value is -2.22. The molecule has 0 radical (unpaired) electrons. The predicted octanol–water partition coefficient (Wildman–Crippen LogP) is 2.90. The van der Waals surface area contributed by atoms with Gasteiger partial charge in [-0.05, 0) is 35.7 Å². The van der Waals surface area contributed by atoms with Gasteiger partial charge < -0.3 is 26.6 Å². The molecule has 3 unspecified atom stereocenters. The third kappa shape index (κ3) is 4.41. The van der Waals surface area contributed by atoms with Gasteiger partial charge in [0.1, 0.15) is 18.7 Å². The molecule has 5 atom stereocenters. The second-order valence-electron chi connectivity index (χ2n) is 9.59.